The summed E-state index contributed by atoms with van der Waals surface area (Å²) < 4.78 is 5.42. The van der Waals surface area contributed by atoms with Gasteiger partial charge in [-0.05, 0) is 21.5 Å². The number of aromatic nitrogens is 1. The predicted octanol–water partition coefficient (Wildman–Crippen LogP) is 2.89. The summed E-state index contributed by atoms with van der Waals surface area (Å²) in [5, 5.41) is 2.44. The van der Waals surface area contributed by atoms with Gasteiger partial charge in [0.2, 0.25) is 0 Å². The lowest BCUT2D eigenvalue weighted by molar-refractivity contribution is 0.155. The van der Waals surface area contributed by atoms with Crippen molar-refractivity contribution >= 4 is 27.8 Å². The van der Waals surface area contributed by atoms with Crippen LogP contribution in [0.4, 0.5) is 10.6 Å². The molecule has 0 atom stereocenters. The molecule has 0 radical (unpaired) electrons. The van der Waals surface area contributed by atoms with Gasteiger partial charge in [-0.15, -0.1) is 0 Å². The van der Waals surface area contributed by atoms with Crippen LogP contribution >= 0.6 is 15.9 Å². The number of carbonyl (C=O) groups excluding carboxylic acids is 1. The van der Waals surface area contributed by atoms with E-state index in [0.29, 0.717) is 4.47 Å². The van der Waals surface area contributed by atoms with E-state index >= 15 is 0 Å². The molecule has 0 aliphatic heterocycles. The van der Waals surface area contributed by atoms with Crippen LogP contribution in [0.25, 0.3) is 0 Å². The Kier molecular flexibility index (Phi) is 4.35. The summed E-state index contributed by atoms with van der Waals surface area (Å²) in [6, 6.07) is 10.6. The fraction of sp³-hybridized carbons (Fsp3) is 0.0769. The molecule has 0 unspecified atom stereocenters. The summed E-state index contributed by atoms with van der Waals surface area (Å²) in [5.74, 6) is 0.284. The molecule has 1 aromatic heterocycles. The predicted molar refractivity (Wildman–Crippen MR) is 75.0 cm³/mol. The molecule has 0 fully saturated rings. The van der Waals surface area contributed by atoms with Crippen LogP contribution in [-0.2, 0) is 11.3 Å². The van der Waals surface area contributed by atoms with Crippen LogP contribution in [0.1, 0.15) is 5.56 Å². The van der Waals surface area contributed by atoms with Gasteiger partial charge in [-0.3, -0.25) is 10.1 Å². The number of anilines is 1. The smallest absolute Gasteiger partial charge is 0.413 e. The highest BCUT2D eigenvalue weighted by atomic mass is 79.9. The van der Waals surface area contributed by atoms with Crippen LogP contribution in [0.15, 0.2) is 51.9 Å². The van der Waals surface area contributed by atoms with Crippen molar-refractivity contribution in [2.24, 2.45) is 0 Å². The third-order valence-corrected chi connectivity index (χ3v) is 2.93. The van der Waals surface area contributed by atoms with Gasteiger partial charge in [0.1, 0.15) is 12.4 Å². The largest absolute Gasteiger partial charge is 0.444 e. The van der Waals surface area contributed by atoms with Crippen molar-refractivity contribution in [1.82, 2.24) is 4.98 Å². The van der Waals surface area contributed by atoms with Crippen LogP contribution in [0.2, 0.25) is 0 Å². The van der Waals surface area contributed by atoms with Gasteiger partial charge in [0.25, 0.3) is 0 Å². The first-order valence-electron chi connectivity index (χ1n) is 5.51. The van der Waals surface area contributed by atoms with Crippen LogP contribution in [0, 0.1) is 0 Å². The number of pyridine rings is 1. The molecule has 0 aliphatic carbocycles. The van der Waals surface area contributed by atoms with Gasteiger partial charge in [0.05, 0.1) is 4.47 Å². The lowest BCUT2D eigenvalue weighted by Crippen LogP contribution is -2.16. The van der Waals surface area contributed by atoms with Crippen molar-refractivity contribution in [3.05, 3.63) is 62.9 Å². The first kappa shape index (κ1) is 13.4. The van der Waals surface area contributed by atoms with E-state index in [1.165, 1.54) is 12.3 Å². The highest BCUT2D eigenvalue weighted by Gasteiger charge is 2.05. The number of halogens is 1. The van der Waals surface area contributed by atoms with Crippen molar-refractivity contribution in [2.75, 3.05) is 5.32 Å². The number of carbonyl (C=O) groups is 1. The van der Waals surface area contributed by atoms with Gasteiger partial charge in [-0.2, -0.15) is 0 Å². The first-order chi connectivity index (χ1) is 9.15. The monoisotopic (exact) mass is 322 g/mol. The lowest BCUT2D eigenvalue weighted by Gasteiger charge is -2.06. The van der Waals surface area contributed by atoms with E-state index in [1.54, 1.807) is 0 Å². The molecule has 1 heterocycles. The number of amides is 1. The number of rotatable bonds is 3. The molecular weight excluding hydrogens is 312 g/mol. The molecule has 98 valence electrons. The Balaban J connectivity index is 1.91. The Morgan fingerprint density at radius 2 is 2.05 bits per heavy atom. The second-order valence-electron chi connectivity index (χ2n) is 3.75. The minimum Gasteiger partial charge on any atom is -0.444 e. The maximum Gasteiger partial charge on any atom is 0.413 e. The molecule has 2 aromatic rings. The highest BCUT2D eigenvalue weighted by molar-refractivity contribution is 9.10. The normalized spacial score (nSPS) is 9.95. The summed E-state index contributed by atoms with van der Waals surface area (Å²) in [6.45, 7) is 0.174. The van der Waals surface area contributed by atoms with Crippen LogP contribution in [0.3, 0.4) is 0 Å². The van der Waals surface area contributed by atoms with E-state index in [2.05, 4.69) is 26.2 Å². The van der Waals surface area contributed by atoms with Crippen molar-refractivity contribution < 1.29 is 9.53 Å². The lowest BCUT2D eigenvalue weighted by atomic mass is 10.2. The number of benzene rings is 1. The number of hydrogen-bond donors (Lipinski definition) is 2. The molecule has 1 aromatic carbocycles. The zero-order chi connectivity index (χ0) is 13.7. The molecular formula is C13H11BrN2O3. The Morgan fingerprint density at radius 1 is 1.32 bits per heavy atom. The Labute approximate surface area is 117 Å². The number of nitrogens with one attached hydrogen (secondary N) is 2. The molecule has 6 heteroatoms. The van der Waals surface area contributed by atoms with Gasteiger partial charge in [0, 0.05) is 12.3 Å². The molecule has 0 saturated carbocycles. The Morgan fingerprint density at radius 3 is 2.74 bits per heavy atom. The molecule has 0 saturated heterocycles. The zero-order valence-corrected chi connectivity index (χ0v) is 11.4. The van der Waals surface area contributed by atoms with E-state index in [-0.39, 0.29) is 17.9 Å². The number of H-pyrrole nitrogens is 1. The fourth-order valence-electron chi connectivity index (χ4n) is 1.40. The summed E-state index contributed by atoms with van der Waals surface area (Å²) in [4.78, 5) is 25.6. The van der Waals surface area contributed by atoms with Gasteiger partial charge in [-0.1, -0.05) is 30.3 Å². The maximum absolute atomic E-state index is 11.5. The van der Waals surface area contributed by atoms with Gasteiger partial charge in [0.15, 0.2) is 5.43 Å². The quantitative estimate of drug-likeness (QED) is 0.912. The second kappa shape index (κ2) is 6.19. The van der Waals surface area contributed by atoms with E-state index in [0.717, 1.165) is 5.56 Å². The van der Waals surface area contributed by atoms with E-state index in [4.69, 9.17) is 4.74 Å². The summed E-state index contributed by atoms with van der Waals surface area (Å²) in [6.07, 6.45) is 0.830. The fourth-order valence-corrected chi connectivity index (χ4v) is 1.62. The first-order valence-corrected chi connectivity index (χ1v) is 6.30. The van der Waals surface area contributed by atoms with E-state index in [9.17, 15) is 9.59 Å². The summed E-state index contributed by atoms with van der Waals surface area (Å²) >= 11 is 3.07. The molecule has 2 rings (SSSR count). The van der Waals surface area contributed by atoms with Crippen LogP contribution in [0.5, 0.6) is 0 Å². The summed E-state index contributed by atoms with van der Waals surface area (Å²) in [5.41, 5.74) is 0.666. The molecule has 0 bridgehead atoms. The van der Waals surface area contributed by atoms with Gasteiger partial charge in [-0.25, -0.2) is 4.79 Å². The molecule has 2 N–H and O–H groups in total. The molecule has 0 aliphatic rings. The molecule has 5 nitrogen and oxygen atoms in total. The minimum absolute atomic E-state index is 0.174. The van der Waals surface area contributed by atoms with Crippen LogP contribution in [-0.4, -0.2) is 11.1 Å². The Bertz CT molecular complexity index is 625. The third kappa shape index (κ3) is 3.96. The number of aromatic amines is 1. The van der Waals surface area contributed by atoms with Crippen LogP contribution < -0.4 is 10.7 Å². The standard InChI is InChI=1S/C13H11BrN2O3/c14-10-7-15-12(6-11(10)17)16-13(18)19-8-9-4-2-1-3-5-9/h1-7H,8H2,(H2,15,16,17,18). The maximum atomic E-state index is 11.5. The second-order valence-corrected chi connectivity index (χ2v) is 4.60. The minimum atomic E-state index is -0.623. The summed E-state index contributed by atoms with van der Waals surface area (Å²) in [7, 11) is 0. The molecule has 19 heavy (non-hydrogen) atoms. The number of hydrogen-bond acceptors (Lipinski definition) is 3. The third-order valence-electron chi connectivity index (χ3n) is 2.31. The van der Waals surface area contributed by atoms with Crippen molar-refractivity contribution in [3.63, 3.8) is 0 Å². The average Bonchev–Trinajstić information content (AvgIpc) is 2.42. The van der Waals surface area contributed by atoms with E-state index < -0.39 is 6.09 Å². The van der Waals surface area contributed by atoms with Gasteiger partial charge < -0.3 is 9.72 Å². The molecule has 0 spiro atoms. The SMILES string of the molecule is O=C(Nc1cc(=O)c(Br)c[nH]1)OCc1ccccc1. The van der Waals surface area contributed by atoms with E-state index in [1.807, 2.05) is 30.3 Å². The van der Waals surface area contributed by atoms with Crippen molar-refractivity contribution in [3.8, 4) is 0 Å². The topological polar surface area (TPSA) is 71.2 Å². The Hall–Kier alpha value is -2.08. The van der Waals surface area contributed by atoms with Crippen molar-refractivity contribution in [2.45, 2.75) is 6.61 Å². The number of ether oxygens (including phenoxy) is 1. The highest BCUT2D eigenvalue weighted by Crippen LogP contribution is 2.06. The zero-order valence-electron chi connectivity index (χ0n) is 9.85. The van der Waals surface area contributed by atoms with Crippen molar-refractivity contribution in [1.29, 1.82) is 0 Å². The molecule has 1 amide bonds. The average molecular weight is 323 g/mol. The van der Waals surface area contributed by atoms with Gasteiger partial charge >= 0.3 is 6.09 Å².